The summed E-state index contributed by atoms with van der Waals surface area (Å²) in [5.41, 5.74) is 0.550. The van der Waals surface area contributed by atoms with E-state index in [1.54, 1.807) is 18.2 Å². The maximum atomic E-state index is 13.3. The zero-order valence-electron chi connectivity index (χ0n) is 10.6. The summed E-state index contributed by atoms with van der Waals surface area (Å²) in [6.45, 7) is 0.290. The van der Waals surface area contributed by atoms with Gasteiger partial charge in [-0.15, -0.1) is 0 Å². The van der Waals surface area contributed by atoms with E-state index in [2.05, 4.69) is 5.32 Å². The van der Waals surface area contributed by atoms with Crippen molar-refractivity contribution in [1.29, 1.82) is 0 Å². The predicted octanol–water partition coefficient (Wildman–Crippen LogP) is 3.41. The van der Waals surface area contributed by atoms with Crippen molar-refractivity contribution >= 4 is 5.91 Å². The number of amides is 1. The minimum Gasteiger partial charge on any atom is -0.352 e. The topological polar surface area (TPSA) is 29.1 Å². The van der Waals surface area contributed by atoms with Crippen molar-refractivity contribution < 1.29 is 9.18 Å². The van der Waals surface area contributed by atoms with Crippen LogP contribution in [-0.2, 0) is 11.3 Å². The molecule has 2 nitrogen and oxygen atoms in total. The van der Waals surface area contributed by atoms with Crippen LogP contribution in [0.1, 0.15) is 44.1 Å². The molecule has 18 heavy (non-hydrogen) atoms. The Kier molecular flexibility index (Phi) is 4.73. The summed E-state index contributed by atoms with van der Waals surface area (Å²) in [5, 5.41) is 2.81. The lowest BCUT2D eigenvalue weighted by Crippen LogP contribution is -2.26. The summed E-state index contributed by atoms with van der Waals surface area (Å²) in [5.74, 6) is 0.319. The Balaban J connectivity index is 1.76. The molecule has 0 aliphatic heterocycles. The van der Waals surface area contributed by atoms with Crippen molar-refractivity contribution in [1.82, 2.24) is 5.32 Å². The maximum Gasteiger partial charge on any atom is 0.220 e. The Morgan fingerprint density at radius 1 is 1.22 bits per heavy atom. The average Bonchev–Trinajstić information content (AvgIpc) is 2.39. The van der Waals surface area contributed by atoms with Gasteiger partial charge in [-0.3, -0.25) is 4.79 Å². The summed E-state index contributed by atoms with van der Waals surface area (Å²) < 4.78 is 13.3. The van der Waals surface area contributed by atoms with Crippen LogP contribution in [0.5, 0.6) is 0 Å². The molecular weight excluding hydrogens is 229 g/mol. The number of benzene rings is 1. The van der Waals surface area contributed by atoms with E-state index in [-0.39, 0.29) is 18.3 Å². The van der Waals surface area contributed by atoms with Crippen LogP contribution in [0.3, 0.4) is 0 Å². The van der Waals surface area contributed by atoms with Crippen molar-refractivity contribution in [3.05, 3.63) is 35.6 Å². The first-order valence-corrected chi connectivity index (χ1v) is 6.76. The molecule has 3 heteroatoms. The highest BCUT2D eigenvalue weighted by Gasteiger charge is 2.16. The van der Waals surface area contributed by atoms with Crippen LogP contribution >= 0.6 is 0 Å². The number of nitrogens with one attached hydrogen (secondary N) is 1. The fourth-order valence-corrected chi connectivity index (χ4v) is 2.56. The minimum atomic E-state index is -0.254. The third kappa shape index (κ3) is 3.83. The first-order valence-electron chi connectivity index (χ1n) is 6.76. The normalized spacial score (nSPS) is 16.5. The maximum absolute atomic E-state index is 13.3. The van der Waals surface area contributed by atoms with Crippen molar-refractivity contribution in [2.75, 3.05) is 0 Å². The lowest BCUT2D eigenvalue weighted by atomic mass is 9.87. The van der Waals surface area contributed by atoms with E-state index in [0.717, 1.165) is 12.8 Å². The van der Waals surface area contributed by atoms with Gasteiger partial charge < -0.3 is 5.32 Å². The molecule has 1 saturated carbocycles. The molecule has 2 rings (SSSR count). The third-order valence-electron chi connectivity index (χ3n) is 3.63. The van der Waals surface area contributed by atoms with E-state index in [0.29, 0.717) is 17.9 Å². The highest BCUT2D eigenvalue weighted by molar-refractivity contribution is 5.76. The largest absolute Gasteiger partial charge is 0.352 e. The molecule has 98 valence electrons. The predicted molar refractivity (Wildman–Crippen MR) is 69.4 cm³/mol. The third-order valence-corrected chi connectivity index (χ3v) is 3.63. The molecular formula is C15H20FNO. The summed E-state index contributed by atoms with van der Waals surface area (Å²) in [7, 11) is 0. The molecule has 1 aromatic rings. The zero-order chi connectivity index (χ0) is 12.8. The molecule has 0 unspecified atom stereocenters. The first kappa shape index (κ1) is 13.1. The van der Waals surface area contributed by atoms with Gasteiger partial charge in [0.05, 0.1) is 0 Å². The number of hydrogen-bond donors (Lipinski definition) is 1. The van der Waals surface area contributed by atoms with Crippen LogP contribution in [0.15, 0.2) is 24.3 Å². The van der Waals surface area contributed by atoms with E-state index in [1.165, 1.54) is 25.3 Å². The van der Waals surface area contributed by atoms with Gasteiger partial charge in [0.15, 0.2) is 0 Å². The molecule has 0 radical (unpaired) electrons. The van der Waals surface area contributed by atoms with Crippen LogP contribution in [-0.4, -0.2) is 5.91 Å². The quantitative estimate of drug-likeness (QED) is 0.870. The van der Waals surface area contributed by atoms with Crippen molar-refractivity contribution in [3.8, 4) is 0 Å². The number of rotatable bonds is 4. The molecule has 1 amide bonds. The number of halogens is 1. The highest BCUT2D eigenvalue weighted by atomic mass is 19.1. The molecule has 1 aliphatic carbocycles. The molecule has 1 aromatic carbocycles. The Morgan fingerprint density at radius 2 is 1.94 bits per heavy atom. The second-order valence-corrected chi connectivity index (χ2v) is 5.08. The summed E-state index contributed by atoms with van der Waals surface area (Å²) in [4.78, 5) is 11.8. The Hall–Kier alpha value is -1.38. The lowest BCUT2D eigenvalue weighted by molar-refractivity contribution is -0.122. The minimum absolute atomic E-state index is 0.0464. The number of carbonyl (C=O) groups excluding carboxylic acids is 1. The van der Waals surface area contributed by atoms with Crippen LogP contribution in [0.2, 0.25) is 0 Å². The first-order chi connectivity index (χ1) is 8.75. The summed E-state index contributed by atoms with van der Waals surface area (Å²) >= 11 is 0. The zero-order valence-corrected chi connectivity index (χ0v) is 10.6. The average molecular weight is 249 g/mol. The van der Waals surface area contributed by atoms with Gasteiger partial charge in [0.2, 0.25) is 5.91 Å². The van der Waals surface area contributed by atoms with E-state index in [1.807, 2.05) is 0 Å². The van der Waals surface area contributed by atoms with Gasteiger partial charge in [-0.1, -0.05) is 37.5 Å². The summed E-state index contributed by atoms with van der Waals surface area (Å²) in [6.07, 6.45) is 6.69. The second-order valence-electron chi connectivity index (χ2n) is 5.08. The van der Waals surface area contributed by atoms with Crippen molar-refractivity contribution in [3.63, 3.8) is 0 Å². The molecule has 0 bridgehead atoms. The monoisotopic (exact) mass is 249 g/mol. The van der Waals surface area contributed by atoms with Gasteiger partial charge >= 0.3 is 0 Å². The van der Waals surface area contributed by atoms with E-state index < -0.39 is 0 Å². The van der Waals surface area contributed by atoms with Crippen LogP contribution in [0.25, 0.3) is 0 Å². The van der Waals surface area contributed by atoms with E-state index in [4.69, 9.17) is 0 Å². The lowest BCUT2D eigenvalue weighted by Gasteiger charge is -2.20. The molecule has 1 fully saturated rings. The van der Waals surface area contributed by atoms with E-state index in [9.17, 15) is 9.18 Å². The van der Waals surface area contributed by atoms with Crippen molar-refractivity contribution in [2.45, 2.75) is 45.1 Å². The molecule has 0 heterocycles. The van der Waals surface area contributed by atoms with Gasteiger partial charge in [-0.05, 0) is 24.8 Å². The molecule has 0 spiro atoms. The van der Waals surface area contributed by atoms with Gasteiger partial charge in [0.1, 0.15) is 5.82 Å². The molecule has 0 saturated heterocycles. The SMILES string of the molecule is O=C(CC1CCCCC1)NCc1ccccc1F. The van der Waals surface area contributed by atoms with Crippen LogP contribution < -0.4 is 5.32 Å². The highest BCUT2D eigenvalue weighted by Crippen LogP contribution is 2.26. The van der Waals surface area contributed by atoms with Gasteiger partial charge in [-0.2, -0.15) is 0 Å². The molecule has 0 aromatic heterocycles. The summed E-state index contributed by atoms with van der Waals surface area (Å²) in [6, 6.07) is 6.56. The van der Waals surface area contributed by atoms with Crippen LogP contribution in [0.4, 0.5) is 4.39 Å². The number of carbonyl (C=O) groups is 1. The second kappa shape index (κ2) is 6.53. The van der Waals surface area contributed by atoms with Gasteiger partial charge in [-0.25, -0.2) is 4.39 Å². The molecule has 0 atom stereocenters. The smallest absolute Gasteiger partial charge is 0.220 e. The Bertz CT molecular complexity index is 399. The Morgan fingerprint density at radius 3 is 2.67 bits per heavy atom. The fraction of sp³-hybridized carbons (Fsp3) is 0.533. The van der Waals surface area contributed by atoms with Gasteiger partial charge in [0.25, 0.3) is 0 Å². The fourth-order valence-electron chi connectivity index (χ4n) is 2.56. The number of hydrogen-bond acceptors (Lipinski definition) is 1. The van der Waals surface area contributed by atoms with Gasteiger partial charge in [0, 0.05) is 18.5 Å². The Labute approximate surface area is 108 Å². The standard InChI is InChI=1S/C15H20FNO/c16-14-9-5-4-8-13(14)11-17-15(18)10-12-6-2-1-3-7-12/h4-5,8-9,12H,1-3,6-7,10-11H2,(H,17,18). The van der Waals surface area contributed by atoms with E-state index >= 15 is 0 Å². The molecule has 1 N–H and O–H groups in total. The molecule has 1 aliphatic rings. The van der Waals surface area contributed by atoms with Crippen LogP contribution in [0, 0.1) is 11.7 Å². The van der Waals surface area contributed by atoms with Crippen molar-refractivity contribution in [2.24, 2.45) is 5.92 Å².